The molecule has 1 aromatic carbocycles. The van der Waals surface area contributed by atoms with E-state index < -0.39 is 22.7 Å². The van der Waals surface area contributed by atoms with Crippen LogP contribution < -0.4 is 10.1 Å². The highest BCUT2D eigenvalue weighted by atomic mass is 16.6. The first-order valence-corrected chi connectivity index (χ1v) is 10.8. The molecule has 0 aromatic heterocycles. The Morgan fingerprint density at radius 1 is 1.38 bits per heavy atom. The Morgan fingerprint density at radius 2 is 2.16 bits per heavy atom. The number of aliphatic hydroxyl groups excluding tert-OH is 1. The minimum absolute atomic E-state index is 0.0636. The second-order valence-electron chi connectivity index (χ2n) is 8.14. The van der Waals surface area contributed by atoms with E-state index in [0.717, 1.165) is 25.7 Å². The minimum atomic E-state index is -0.971. The molecule has 2 rings (SSSR count). The SMILES string of the molecule is CCCCCCOC(=COCC=C=O)CN[C@H]1c2cc([N+](=O)[O-])ccc2OC(C)(C)[C@@H]1O. The van der Waals surface area contributed by atoms with Crippen LogP contribution in [0, 0.1) is 10.1 Å². The number of fused-ring (bicyclic) bond motifs is 1. The number of carbonyl (C=O) groups excluding carboxylic acids is 1. The van der Waals surface area contributed by atoms with E-state index in [1.807, 2.05) is 0 Å². The summed E-state index contributed by atoms with van der Waals surface area (Å²) >= 11 is 0. The smallest absolute Gasteiger partial charge is 0.270 e. The number of non-ortho nitro benzene ring substituents is 1. The molecule has 0 bridgehead atoms. The Bertz CT molecular complexity index is 847. The second kappa shape index (κ2) is 12.2. The van der Waals surface area contributed by atoms with Crippen molar-refractivity contribution < 1.29 is 29.0 Å². The highest BCUT2D eigenvalue weighted by molar-refractivity contribution is 5.48. The molecule has 0 unspecified atom stereocenters. The van der Waals surface area contributed by atoms with Gasteiger partial charge in [0.05, 0.1) is 24.1 Å². The molecule has 0 saturated carbocycles. The summed E-state index contributed by atoms with van der Waals surface area (Å²) in [5, 5.41) is 25.4. The molecule has 32 heavy (non-hydrogen) atoms. The largest absolute Gasteiger partial charge is 0.493 e. The highest BCUT2D eigenvalue weighted by Crippen LogP contribution is 2.41. The molecular formula is C23H32N2O7. The molecule has 2 atom stereocenters. The summed E-state index contributed by atoms with van der Waals surface area (Å²) < 4.78 is 17.0. The van der Waals surface area contributed by atoms with Crippen LogP contribution in [0.1, 0.15) is 58.1 Å². The summed E-state index contributed by atoms with van der Waals surface area (Å²) in [4.78, 5) is 21.1. The van der Waals surface area contributed by atoms with Crippen LogP contribution in [0.4, 0.5) is 5.69 Å². The average Bonchev–Trinajstić information content (AvgIpc) is 2.75. The number of ether oxygens (including phenoxy) is 3. The van der Waals surface area contributed by atoms with E-state index >= 15 is 0 Å². The zero-order valence-corrected chi connectivity index (χ0v) is 18.8. The molecule has 2 N–H and O–H groups in total. The van der Waals surface area contributed by atoms with Crippen molar-refractivity contribution in [1.82, 2.24) is 5.32 Å². The number of hydrogen-bond acceptors (Lipinski definition) is 8. The molecule has 1 aliphatic rings. The first-order chi connectivity index (χ1) is 15.3. The number of unbranched alkanes of at least 4 members (excludes halogenated alkanes) is 3. The van der Waals surface area contributed by atoms with Gasteiger partial charge in [-0.1, -0.05) is 26.2 Å². The first kappa shape index (κ1) is 25.4. The Balaban J connectivity index is 2.17. The van der Waals surface area contributed by atoms with Gasteiger partial charge >= 0.3 is 0 Å². The van der Waals surface area contributed by atoms with E-state index in [9.17, 15) is 20.0 Å². The normalized spacial score (nSPS) is 19.3. The molecule has 1 aliphatic heterocycles. The Morgan fingerprint density at radius 3 is 2.84 bits per heavy atom. The van der Waals surface area contributed by atoms with Crippen molar-refractivity contribution in [2.24, 2.45) is 0 Å². The van der Waals surface area contributed by atoms with Gasteiger partial charge in [0.25, 0.3) is 5.69 Å². The number of nitrogens with zero attached hydrogens (tertiary/aromatic N) is 1. The van der Waals surface area contributed by atoms with Crippen LogP contribution in [0.5, 0.6) is 5.75 Å². The van der Waals surface area contributed by atoms with Gasteiger partial charge in [0.1, 0.15) is 42.0 Å². The summed E-state index contributed by atoms with van der Waals surface area (Å²) in [5.74, 6) is 2.61. The van der Waals surface area contributed by atoms with E-state index in [1.54, 1.807) is 25.9 Å². The predicted octanol–water partition coefficient (Wildman–Crippen LogP) is 3.60. The van der Waals surface area contributed by atoms with E-state index in [1.165, 1.54) is 24.5 Å². The third-order valence-corrected chi connectivity index (χ3v) is 5.20. The van der Waals surface area contributed by atoms with E-state index in [2.05, 4.69) is 12.2 Å². The zero-order valence-electron chi connectivity index (χ0n) is 18.8. The van der Waals surface area contributed by atoms with Crippen LogP contribution in [-0.2, 0) is 14.3 Å². The Kier molecular flexibility index (Phi) is 9.71. The molecule has 9 nitrogen and oxygen atoms in total. The molecule has 176 valence electrons. The van der Waals surface area contributed by atoms with Crippen molar-refractivity contribution in [3.63, 3.8) is 0 Å². The molecule has 1 aromatic rings. The maximum absolute atomic E-state index is 11.2. The van der Waals surface area contributed by atoms with Gasteiger partial charge in [0.15, 0.2) is 0 Å². The van der Waals surface area contributed by atoms with Gasteiger partial charge in [-0.15, -0.1) is 0 Å². The molecule has 0 spiro atoms. The van der Waals surface area contributed by atoms with E-state index in [4.69, 9.17) is 14.2 Å². The summed E-state index contributed by atoms with van der Waals surface area (Å²) in [7, 11) is 0. The predicted molar refractivity (Wildman–Crippen MR) is 119 cm³/mol. The number of rotatable bonds is 13. The lowest BCUT2D eigenvalue weighted by Crippen LogP contribution is -2.52. The third-order valence-electron chi connectivity index (χ3n) is 5.20. The van der Waals surface area contributed by atoms with Gasteiger partial charge in [-0.05, 0) is 26.3 Å². The van der Waals surface area contributed by atoms with Crippen molar-refractivity contribution in [3.8, 4) is 5.75 Å². The third kappa shape index (κ3) is 7.09. The number of nitrogens with one attached hydrogen (secondary N) is 1. The van der Waals surface area contributed by atoms with Crippen LogP contribution in [0.3, 0.4) is 0 Å². The van der Waals surface area contributed by atoms with Crippen molar-refractivity contribution in [1.29, 1.82) is 0 Å². The summed E-state index contributed by atoms with van der Waals surface area (Å²) in [5.41, 5.74) is -0.493. The summed E-state index contributed by atoms with van der Waals surface area (Å²) in [6.45, 7) is 6.42. The number of nitro groups is 1. The topological polar surface area (TPSA) is 120 Å². The highest BCUT2D eigenvalue weighted by Gasteiger charge is 2.43. The number of benzene rings is 1. The van der Waals surface area contributed by atoms with Crippen LogP contribution in [0.15, 0.2) is 36.3 Å². The first-order valence-electron chi connectivity index (χ1n) is 10.8. The molecule has 0 saturated heterocycles. The van der Waals surface area contributed by atoms with Gasteiger partial charge in [0.2, 0.25) is 0 Å². The Labute approximate surface area is 188 Å². The lowest BCUT2D eigenvalue weighted by molar-refractivity contribution is -0.385. The zero-order chi connectivity index (χ0) is 23.6. The molecular weight excluding hydrogens is 416 g/mol. The maximum atomic E-state index is 11.2. The van der Waals surface area contributed by atoms with Crippen molar-refractivity contribution in [2.75, 3.05) is 19.8 Å². The van der Waals surface area contributed by atoms with E-state index in [0.29, 0.717) is 23.7 Å². The fourth-order valence-corrected chi connectivity index (χ4v) is 3.41. The number of aliphatic hydroxyl groups is 1. The fraction of sp³-hybridized carbons (Fsp3) is 0.565. The van der Waals surface area contributed by atoms with Gasteiger partial charge in [-0.25, -0.2) is 4.79 Å². The van der Waals surface area contributed by atoms with Crippen LogP contribution in [-0.4, -0.2) is 47.4 Å². The average molecular weight is 449 g/mol. The van der Waals surface area contributed by atoms with Crippen molar-refractivity contribution in [3.05, 3.63) is 52.0 Å². The fourth-order valence-electron chi connectivity index (χ4n) is 3.41. The van der Waals surface area contributed by atoms with Crippen LogP contribution in [0.2, 0.25) is 0 Å². The lowest BCUT2D eigenvalue weighted by Gasteiger charge is -2.42. The maximum Gasteiger partial charge on any atom is 0.270 e. The molecule has 0 fully saturated rings. The van der Waals surface area contributed by atoms with Gasteiger partial charge < -0.3 is 24.6 Å². The standard InChI is InChI=1S/C23H32N2O7/c1-4-5-6-7-13-31-18(16-30-12-8-11-26)15-24-21-19-14-17(25(28)29)9-10-20(19)32-23(2,3)22(21)27/h8-10,14,16,21-22,24,27H,4-7,12-13,15H2,1-3H3/t21-,22+/m0/s1. The molecule has 0 amide bonds. The minimum Gasteiger partial charge on any atom is -0.493 e. The second-order valence-corrected chi connectivity index (χ2v) is 8.14. The lowest BCUT2D eigenvalue weighted by atomic mass is 9.86. The van der Waals surface area contributed by atoms with Crippen LogP contribution in [0.25, 0.3) is 0 Å². The van der Waals surface area contributed by atoms with Gasteiger partial charge in [-0.3, -0.25) is 10.1 Å². The van der Waals surface area contributed by atoms with Crippen LogP contribution >= 0.6 is 0 Å². The molecule has 0 aliphatic carbocycles. The molecule has 9 heteroatoms. The van der Waals surface area contributed by atoms with Gasteiger partial charge in [0, 0.05) is 23.8 Å². The Hall–Kier alpha value is -2.87. The van der Waals surface area contributed by atoms with E-state index in [-0.39, 0.29) is 18.8 Å². The summed E-state index contributed by atoms with van der Waals surface area (Å²) in [6.07, 6.45) is 5.85. The quantitative estimate of drug-likeness (QED) is 0.154. The van der Waals surface area contributed by atoms with Gasteiger partial charge in [-0.2, -0.15) is 0 Å². The number of hydrogen-bond donors (Lipinski definition) is 2. The summed E-state index contributed by atoms with van der Waals surface area (Å²) in [6, 6.07) is 3.70. The molecule has 1 heterocycles. The molecule has 0 radical (unpaired) electrons. The van der Waals surface area contributed by atoms with Crippen molar-refractivity contribution in [2.45, 2.75) is 64.2 Å². The number of nitro benzene ring substituents is 1. The van der Waals surface area contributed by atoms with Crippen molar-refractivity contribution >= 4 is 11.6 Å². The monoisotopic (exact) mass is 448 g/mol.